The van der Waals surface area contributed by atoms with Gasteiger partial charge in [-0.2, -0.15) is 0 Å². The molecule has 0 spiro atoms. The van der Waals surface area contributed by atoms with E-state index in [4.69, 9.17) is 5.11 Å². The van der Waals surface area contributed by atoms with E-state index in [2.05, 4.69) is 0 Å². The maximum absolute atomic E-state index is 12.2. The van der Waals surface area contributed by atoms with Crippen LogP contribution in [0.3, 0.4) is 0 Å². The number of carbonyl (C=O) groups is 1. The van der Waals surface area contributed by atoms with Crippen LogP contribution in [0.5, 0.6) is 0 Å². The molecule has 4 nitrogen and oxygen atoms in total. The van der Waals surface area contributed by atoms with Gasteiger partial charge < -0.3 is 10.2 Å². The van der Waals surface area contributed by atoms with Crippen molar-refractivity contribution in [2.45, 2.75) is 44.0 Å². The number of hydrogen-bond donors (Lipinski definition) is 2. The Hall–Kier alpha value is -1.20. The molecule has 5 heteroatoms. The fraction of sp³-hybridized carbons (Fsp3) is 0.562. The summed E-state index contributed by atoms with van der Waals surface area (Å²) in [5.41, 5.74) is 1.17. The zero-order valence-corrected chi connectivity index (χ0v) is 13.1. The SMILES string of the molecule is Cc1cccc(CS(=O)CC2(O)CCC(C(=O)O)CC2)c1. The largest absolute Gasteiger partial charge is 0.481 e. The van der Waals surface area contributed by atoms with Crippen LogP contribution in [-0.4, -0.2) is 31.7 Å². The highest BCUT2D eigenvalue weighted by molar-refractivity contribution is 7.84. The molecule has 21 heavy (non-hydrogen) atoms. The Bertz CT molecular complexity index is 533. The van der Waals surface area contributed by atoms with Gasteiger partial charge in [-0.3, -0.25) is 9.00 Å². The molecule has 1 fully saturated rings. The molecule has 116 valence electrons. The van der Waals surface area contributed by atoms with Crippen molar-refractivity contribution in [2.24, 2.45) is 5.92 Å². The first-order valence-corrected chi connectivity index (χ1v) is 8.72. The van der Waals surface area contributed by atoms with Gasteiger partial charge in [0.25, 0.3) is 0 Å². The summed E-state index contributed by atoms with van der Waals surface area (Å²) in [6.45, 7) is 1.99. The van der Waals surface area contributed by atoms with E-state index < -0.39 is 22.4 Å². The first-order valence-electron chi connectivity index (χ1n) is 7.24. The van der Waals surface area contributed by atoms with Crippen LogP contribution in [0.4, 0.5) is 0 Å². The van der Waals surface area contributed by atoms with Crippen molar-refractivity contribution in [3.05, 3.63) is 35.4 Å². The monoisotopic (exact) mass is 310 g/mol. The minimum Gasteiger partial charge on any atom is -0.481 e. The molecule has 1 aliphatic carbocycles. The summed E-state index contributed by atoms with van der Waals surface area (Å²) in [5.74, 6) is -0.493. The minimum atomic E-state index is -1.14. The summed E-state index contributed by atoms with van der Waals surface area (Å²) in [6, 6.07) is 7.88. The van der Waals surface area contributed by atoms with Crippen LogP contribution in [0, 0.1) is 12.8 Å². The molecular formula is C16H22O4S. The molecule has 2 rings (SSSR count). The van der Waals surface area contributed by atoms with Gasteiger partial charge in [-0.05, 0) is 38.2 Å². The van der Waals surface area contributed by atoms with Crippen molar-refractivity contribution >= 4 is 16.8 Å². The van der Waals surface area contributed by atoms with Gasteiger partial charge in [-0.1, -0.05) is 29.8 Å². The van der Waals surface area contributed by atoms with Crippen LogP contribution in [0.2, 0.25) is 0 Å². The minimum absolute atomic E-state index is 0.229. The number of benzene rings is 1. The number of hydrogen-bond acceptors (Lipinski definition) is 3. The maximum Gasteiger partial charge on any atom is 0.306 e. The second-order valence-corrected chi connectivity index (χ2v) is 7.51. The predicted octanol–water partition coefficient (Wildman–Crippen LogP) is 2.25. The van der Waals surface area contributed by atoms with Crippen molar-refractivity contribution in [3.8, 4) is 0 Å². The number of carboxylic acids is 1. The lowest BCUT2D eigenvalue weighted by Crippen LogP contribution is -2.40. The fourth-order valence-electron chi connectivity index (χ4n) is 2.88. The molecule has 1 aromatic carbocycles. The first-order chi connectivity index (χ1) is 9.88. The van der Waals surface area contributed by atoms with Gasteiger partial charge >= 0.3 is 5.97 Å². The average molecular weight is 310 g/mol. The van der Waals surface area contributed by atoms with Crippen molar-refractivity contribution in [2.75, 3.05) is 5.75 Å². The summed E-state index contributed by atoms with van der Waals surface area (Å²) >= 11 is 0. The second-order valence-electron chi connectivity index (χ2n) is 6.05. The number of aliphatic carboxylic acids is 1. The highest BCUT2D eigenvalue weighted by Crippen LogP contribution is 2.33. The number of aryl methyl sites for hydroxylation is 1. The van der Waals surface area contributed by atoms with E-state index in [1.807, 2.05) is 31.2 Å². The lowest BCUT2D eigenvalue weighted by atomic mass is 9.80. The van der Waals surface area contributed by atoms with Crippen molar-refractivity contribution in [1.29, 1.82) is 0 Å². The zero-order valence-electron chi connectivity index (χ0n) is 12.2. The highest BCUT2D eigenvalue weighted by atomic mass is 32.2. The Kier molecular flexibility index (Phi) is 5.17. The lowest BCUT2D eigenvalue weighted by molar-refractivity contribution is -0.144. The van der Waals surface area contributed by atoms with Crippen LogP contribution in [0.15, 0.2) is 24.3 Å². The summed E-state index contributed by atoms with van der Waals surface area (Å²) in [4.78, 5) is 10.9. The smallest absolute Gasteiger partial charge is 0.306 e. The van der Waals surface area contributed by atoms with Crippen LogP contribution in [0.1, 0.15) is 36.8 Å². The first kappa shape index (κ1) is 16.2. The molecule has 0 aromatic heterocycles. The standard InChI is InChI=1S/C16H22O4S/c1-12-3-2-4-13(9-12)10-21(20)11-16(19)7-5-14(6-8-16)15(17)18/h2-4,9,14,19H,5-8,10-11H2,1H3,(H,17,18). The molecule has 0 heterocycles. The third-order valence-electron chi connectivity index (χ3n) is 4.11. The Morgan fingerprint density at radius 1 is 1.38 bits per heavy atom. The molecule has 1 saturated carbocycles. The van der Waals surface area contributed by atoms with E-state index in [1.54, 1.807) is 0 Å². The molecule has 1 unspecified atom stereocenters. The van der Waals surface area contributed by atoms with Gasteiger partial charge in [0.2, 0.25) is 0 Å². The number of carboxylic acid groups (broad SMARTS) is 1. The van der Waals surface area contributed by atoms with E-state index in [1.165, 1.54) is 0 Å². The quantitative estimate of drug-likeness (QED) is 0.875. The van der Waals surface area contributed by atoms with Gasteiger partial charge in [-0.15, -0.1) is 0 Å². The molecule has 1 aliphatic rings. The summed E-state index contributed by atoms with van der Waals surface area (Å²) in [6.07, 6.45) is 1.77. The molecule has 1 atom stereocenters. The summed E-state index contributed by atoms with van der Waals surface area (Å²) < 4.78 is 12.2. The zero-order chi connectivity index (χ0) is 15.5. The van der Waals surface area contributed by atoms with Crippen LogP contribution in [-0.2, 0) is 21.3 Å². The molecule has 2 N–H and O–H groups in total. The molecule has 1 aromatic rings. The molecular weight excluding hydrogens is 288 g/mol. The van der Waals surface area contributed by atoms with E-state index in [-0.39, 0.29) is 11.7 Å². The van der Waals surface area contributed by atoms with E-state index in [9.17, 15) is 14.1 Å². The van der Waals surface area contributed by atoms with Gasteiger partial charge in [-0.25, -0.2) is 0 Å². The van der Waals surface area contributed by atoms with Gasteiger partial charge in [0.05, 0.1) is 17.3 Å². The Labute approximate surface area is 127 Å². The molecule has 0 saturated heterocycles. The van der Waals surface area contributed by atoms with Crippen molar-refractivity contribution in [3.63, 3.8) is 0 Å². The van der Waals surface area contributed by atoms with E-state index >= 15 is 0 Å². The van der Waals surface area contributed by atoms with Crippen molar-refractivity contribution < 1.29 is 19.2 Å². The number of rotatable bonds is 5. The summed E-state index contributed by atoms with van der Waals surface area (Å²) in [7, 11) is -1.14. The normalized spacial score (nSPS) is 27.2. The molecule has 0 amide bonds. The van der Waals surface area contributed by atoms with Gasteiger partial charge in [0, 0.05) is 16.6 Å². The average Bonchev–Trinajstić information content (AvgIpc) is 2.38. The Balaban J connectivity index is 1.89. The lowest BCUT2D eigenvalue weighted by Gasteiger charge is -2.34. The Morgan fingerprint density at radius 3 is 2.62 bits per heavy atom. The molecule has 0 aliphatic heterocycles. The number of aliphatic hydroxyl groups is 1. The van der Waals surface area contributed by atoms with E-state index in [0.29, 0.717) is 31.4 Å². The van der Waals surface area contributed by atoms with Crippen LogP contribution < -0.4 is 0 Å². The van der Waals surface area contributed by atoms with Crippen LogP contribution in [0.25, 0.3) is 0 Å². The maximum atomic E-state index is 12.2. The third-order valence-corrected chi connectivity index (χ3v) is 5.62. The summed E-state index contributed by atoms with van der Waals surface area (Å²) in [5, 5.41) is 19.5. The van der Waals surface area contributed by atoms with Gasteiger partial charge in [0.1, 0.15) is 0 Å². The second kappa shape index (κ2) is 6.71. The fourth-order valence-corrected chi connectivity index (χ4v) is 4.43. The topological polar surface area (TPSA) is 74.6 Å². The molecule has 0 bridgehead atoms. The molecule has 0 radical (unpaired) electrons. The van der Waals surface area contributed by atoms with Crippen molar-refractivity contribution in [1.82, 2.24) is 0 Å². The van der Waals surface area contributed by atoms with Crippen LogP contribution >= 0.6 is 0 Å². The van der Waals surface area contributed by atoms with Gasteiger partial charge in [0.15, 0.2) is 0 Å². The Morgan fingerprint density at radius 2 is 2.05 bits per heavy atom. The predicted molar refractivity (Wildman–Crippen MR) is 82.4 cm³/mol. The highest BCUT2D eigenvalue weighted by Gasteiger charge is 2.36. The van der Waals surface area contributed by atoms with E-state index in [0.717, 1.165) is 11.1 Å². The third kappa shape index (κ3) is 4.64.